The maximum Gasteiger partial charge on any atom is 0.248 e. The third kappa shape index (κ3) is 4.60. The second-order valence-electron chi connectivity index (χ2n) is 6.43. The van der Waals surface area contributed by atoms with Crippen LogP contribution in [0.4, 0.5) is 0 Å². The highest BCUT2D eigenvalue weighted by Gasteiger charge is 2.15. The number of aromatic nitrogens is 1. The van der Waals surface area contributed by atoms with Crippen molar-refractivity contribution in [3.05, 3.63) is 40.7 Å². The van der Waals surface area contributed by atoms with E-state index in [9.17, 15) is 9.59 Å². The van der Waals surface area contributed by atoms with Crippen LogP contribution in [0.15, 0.2) is 35.1 Å². The van der Waals surface area contributed by atoms with Crippen LogP contribution in [-0.4, -0.2) is 23.5 Å². The van der Waals surface area contributed by atoms with Gasteiger partial charge in [-0.1, -0.05) is 19.3 Å². The SMILES string of the molecule is O=C(CCCOc1ccc2[nH]c(=O)ccc2c1)NC1CCCCC1. The topological polar surface area (TPSA) is 71.2 Å². The molecule has 1 aliphatic rings. The van der Waals surface area contributed by atoms with Crippen LogP contribution >= 0.6 is 0 Å². The highest BCUT2D eigenvalue weighted by molar-refractivity contribution is 5.79. The number of hydrogen-bond donors (Lipinski definition) is 2. The first kappa shape index (κ1) is 16.6. The Morgan fingerprint density at radius 3 is 2.83 bits per heavy atom. The van der Waals surface area contributed by atoms with E-state index < -0.39 is 0 Å². The molecule has 0 saturated heterocycles. The fourth-order valence-electron chi connectivity index (χ4n) is 3.19. The molecule has 0 aliphatic heterocycles. The maximum absolute atomic E-state index is 11.9. The van der Waals surface area contributed by atoms with Gasteiger partial charge < -0.3 is 15.0 Å². The molecule has 0 atom stereocenters. The number of fused-ring (bicyclic) bond motifs is 1. The lowest BCUT2D eigenvalue weighted by Gasteiger charge is -2.22. The van der Waals surface area contributed by atoms with Gasteiger partial charge in [0, 0.05) is 29.4 Å². The van der Waals surface area contributed by atoms with E-state index in [1.807, 2.05) is 18.2 Å². The number of carbonyl (C=O) groups excluding carboxylic acids is 1. The first-order valence-corrected chi connectivity index (χ1v) is 8.76. The van der Waals surface area contributed by atoms with Crippen LogP contribution in [0.1, 0.15) is 44.9 Å². The lowest BCUT2D eigenvalue weighted by Crippen LogP contribution is -2.36. The van der Waals surface area contributed by atoms with E-state index in [-0.39, 0.29) is 11.5 Å². The third-order valence-electron chi connectivity index (χ3n) is 4.48. The van der Waals surface area contributed by atoms with Crippen molar-refractivity contribution in [3.8, 4) is 5.75 Å². The molecule has 5 heteroatoms. The average molecular weight is 328 g/mol. The van der Waals surface area contributed by atoms with E-state index >= 15 is 0 Å². The molecular formula is C19H24N2O3. The number of aromatic amines is 1. The normalized spacial score (nSPS) is 15.3. The van der Waals surface area contributed by atoms with Gasteiger partial charge in [0.05, 0.1) is 6.61 Å². The summed E-state index contributed by atoms with van der Waals surface area (Å²) in [6.45, 7) is 0.507. The molecule has 2 N–H and O–H groups in total. The van der Waals surface area contributed by atoms with Gasteiger partial charge in [-0.05, 0) is 43.5 Å². The van der Waals surface area contributed by atoms with Gasteiger partial charge in [-0.2, -0.15) is 0 Å². The maximum atomic E-state index is 11.9. The largest absolute Gasteiger partial charge is 0.494 e. The molecule has 1 heterocycles. The lowest BCUT2D eigenvalue weighted by molar-refractivity contribution is -0.122. The molecule has 0 bridgehead atoms. The minimum Gasteiger partial charge on any atom is -0.494 e. The van der Waals surface area contributed by atoms with Crippen LogP contribution in [0.2, 0.25) is 0 Å². The van der Waals surface area contributed by atoms with Crippen LogP contribution in [0.5, 0.6) is 5.75 Å². The zero-order chi connectivity index (χ0) is 16.8. The van der Waals surface area contributed by atoms with Gasteiger partial charge in [-0.15, -0.1) is 0 Å². The van der Waals surface area contributed by atoms with Crippen molar-refractivity contribution in [2.75, 3.05) is 6.61 Å². The number of pyridine rings is 1. The Balaban J connectivity index is 1.42. The molecule has 5 nitrogen and oxygen atoms in total. The minimum absolute atomic E-state index is 0.111. The Bertz CT molecular complexity index is 748. The molecule has 2 aromatic rings. The van der Waals surface area contributed by atoms with Crippen molar-refractivity contribution in [1.29, 1.82) is 0 Å². The summed E-state index contributed by atoms with van der Waals surface area (Å²) in [5.41, 5.74) is 0.682. The Morgan fingerprint density at radius 1 is 1.17 bits per heavy atom. The summed E-state index contributed by atoms with van der Waals surface area (Å²) in [5, 5.41) is 4.05. The van der Waals surface area contributed by atoms with Crippen molar-refractivity contribution >= 4 is 16.8 Å². The summed E-state index contributed by atoms with van der Waals surface area (Å²) >= 11 is 0. The van der Waals surface area contributed by atoms with Crippen LogP contribution in [0, 0.1) is 0 Å². The number of ether oxygens (including phenoxy) is 1. The van der Waals surface area contributed by atoms with E-state index in [1.54, 1.807) is 6.07 Å². The Kier molecular flexibility index (Phi) is 5.51. The predicted octanol–water partition coefficient (Wildman–Crippen LogP) is 3.14. The minimum atomic E-state index is -0.111. The van der Waals surface area contributed by atoms with Crippen LogP contribution in [0.3, 0.4) is 0 Å². The first-order valence-electron chi connectivity index (χ1n) is 8.76. The van der Waals surface area contributed by atoms with Crippen molar-refractivity contribution in [2.24, 2.45) is 0 Å². The molecule has 24 heavy (non-hydrogen) atoms. The third-order valence-corrected chi connectivity index (χ3v) is 4.48. The fourth-order valence-corrected chi connectivity index (χ4v) is 3.19. The van der Waals surface area contributed by atoms with Crippen LogP contribution in [-0.2, 0) is 4.79 Å². The first-order chi connectivity index (χ1) is 11.7. The number of nitrogens with one attached hydrogen (secondary N) is 2. The standard InChI is InChI=1S/C19H24N2O3/c22-18(20-15-5-2-1-3-6-15)7-4-12-24-16-9-10-17-14(13-16)8-11-19(23)21-17/h8-11,13,15H,1-7,12H2,(H,20,22)(H,21,23). The number of amides is 1. The van der Waals surface area contributed by atoms with E-state index in [1.165, 1.54) is 25.3 Å². The lowest BCUT2D eigenvalue weighted by atomic mass is 9.95. The quantitative estimate of drug-likeness (QED) is 0.800. The number of rotatable bonds is 6. The van der Waals surface area contributed by atoms with Gasteiger partial charge in [0.1, 0.15) is 5.75 Å². The smallest absolute Gasteiger partial charge is 0.248 e. The summed E-state index contributed by atoms with van der Waals surface area (Å²) in [5.74, 6) is 0.879. The fraction of sp³-hybridized carbons (Fsp3) is 0.474. The number of benzene rings is 1. The zero-order valence-corrected chi connectivity index (χ0v) is 13.8. The van der Waals surface area contributed by atoms with Gasteiger partial charge in [0.15, 0.2) is 0 Å². The number of H-pyrrole nitrogens is 1. The summed E-state index contributed by atoms with van der Waals surface area (Å²) in [7, 11) is 0. The number of carbonyl (C=O) groups is 1. The van der Waals surface area contributed by atoms with E-state index in [2.05, 4.69) is 10.3 Å². The Labute approximate surface area is 141 Å². The van der Waals surface area contributed by atoms with Crippen molar-refractivity contribution in [3.63, 3.8) is 0 Å². The molecule has 1 aliphatic carbocycles. The molecule has 3 rings (SSSR count). The average Bonchev–Trinajstić information content (AvgIpc) is 2.59. The van der Waals surface area contributed by atoms with E-state index in [4.69, 9.17) is 4.74 Å². The molecular weight excluding hydrogens is 304 g/mol. The molecule has 1 aromatic heterocycles. The molecule has 1 aromatic carbocycles. The molecule has 0 spiro atoms. The highest BCUT2D eigenvalue weighted by atomic mass is 16.5. The Morgan fingerprint density at radius 2 is 2.00 bits per heavy atom. The molecule has 128 valence electrons. The van der Waals surface area contributed by atoms with Crippen molar-refractivity contribution < 1.29 is 9.53 Å². The molecule has 1 amide bonds. The van der Waals surface area contributed by atoms with Crippen molar-refractivity contribution in [2.45, 2.75) is 51.0 Å². The predicted molar refractivity (Wildman–Crippen MR) is 94.3 cm³/mol. The summed E-state index contributed by atoms with van der Waals surface area (Å²) in [6, 6.07) is 9.21. The van der Waals surface area contributed by atoms with E-state index in [0.29, 0.717) is 25.5 Å². The second kappa shape index (κ2) is 7.99. The molecule has 0 radical (unpaired) electrons. The Hall–Kier alpha value is -2.30. The highest BCUT2D eigenvalue weighted by Crippen LogP contribution is 2.19. The zero-order valence-electron chi connectivity index (χ0n) is 13.8. The molecule has 1 saturated carbocycles. The van der Waals surface area contributed by atoms with E-state index in [0.717, 1.165) is 29.5 Å². The monoisotopic (exact) mass is 328 g/mol. The van der Waals surface area contributed by atoms with Crippen LogP contribution in [0.25, 0.3) is 10.9 Å². The van der Waals surface area contributed by atoms with Gasteiger partial charge >= 0.3 is 0 Å². The summed E-state index contributed by atoms with van der Waals surface area (Å²) in [4.78, 5) is 26.0. The van der Waals surface area contributed by atoms with Crippen LogP contribution < -0.4 is 15.6 Å². The molecule has 0 unspecified atom stereocenters. The van der Waals surface area contributed by atoms with Gasteiger partial charge in [-0.25, -0.2) is 0 Å². The number of hydrogen-bond acceptors (Lipinski definition) is 3. The van der Waals surface area contributed by atoms with Gasteiger partial charge in [0.25, 0.3) is 0 Å². The van der Waals surface area contributed by atoms with Gasteiger partial charge in [-0.3, -0.25) is 9.59 Å². The molecule has 1 fully saturated rings. The van der Waals surface area contributed by atoms with Gasteiger partial charge in [0.2, 0.25) is 11.5 Å². The van der Waals surface area contributed by atoms with Crippen molar-refractivity contribution in [1.82, 2.24) is 10.3 Å². The summed E-state index contributed by atoms with van der Waals surface area (Å²) < 4.78 is 5.71. The second-order valence-corrected chi connectivity index (χ2v) is 6.43. The summed E-state index contributed by atoms with van der Waals surface area (Å²) in [6.07, 6.45) is 7.16.